The molecule has 0 unspecified atom stereocenters. The molecule has 1 atom stereocenters. The molecule has 0 aliphatic rings. The first kappa shape index (κ1) is 16.7. The fraction of sp³-hybridized carbons (Fsp3) is 0.357. The molecule has 0 bridgehead atoms. The van der Waals surface area contributed by atoms with Gasteiger partial charge in [-0.1, -0.05) is 24.3 Å². The Morgan fingerprint density at radius 1 is 1.35 bits per heavy atom. The monoisotopic (exact) mass is 312 g/mol. The molecule has 1 aromatic carbocycles. The van der Waals surface area contributed by atoms with E-state index in [1.807, 2.05) is 13.8 Å². The summed E-state index contributed by atoms with van der Waals surface area (Å²) in [6.45, 7) is 8.30. The zero-order chi connectivity index (χ0) is 15.3. The summed E-state index contributed by atoms with van der Waals surface area (Å²) in [6.07, 6.45) is 1.19. The first-order valence-electron chi connectivity index (χ1n) is 6.19. The van der Waals surface area contributed by atoms with Gasteiger partial charge in [0.05, 0.1) is 10.9 Å². The van der Waals surface area contributed by atoms with Gasteiger partial charge in [0.2, 0.25) is 0 Å². The van der Waals surface area contributed by atoms with E-state index in [1.54, 1.807) is 24.3 Å². The highest BCUT2D eigenvalue weighted by atomic mass is 32.2. The molecule has 4 nitrogen and oxygen atoms in total. The normalized spacial score (nSPS) is 12.6. The molecule has 1 aromatic rings. The molecule has 0 amide bonds. The van der Waals surface area contributed by atoms with Gasteiger partial charge in [-0.3, -0.25) is 0 Å². The molecule has 20 heavy (non-hydrogen) atoms. The standard InChI is InChI=1S/C14H20N2O2S2/c1-10(2)9-15-14(19)16-11(3)12-5-7-13(8-6-12)20(4,17)18/h5-8,11H,1,9H2,2-4H3,(H2,15,16,19)/t11-/m0/s1. The van der Waals surface area contributed by atoms with Crippen molar-refractivity contribution in [1.82, 2.24) is 10.6 Å². The number of benzene rings is 1. The van der Waals surface area contributed by atoms with Crippen LogP contribution in [-0.2, 0) is 9.84 Å². The van der Waals surface area contributed by atoms with Crippen molar-refractivity contribution in [2.45, 2.75) is 24.8 Å². The van der Waals surface area contributed by atoms with E-state index in [1.165, 1.54) is 6.26 Å². The largest absolute Gasteiger partial charge is 0.359 e. The molecule has 110 valence electrons. The summed E-state index contributed by atoms with van der Waals surface area (Å²) in [6, 6.07) is 6.78. The molecular formula is C14H20N2O2S2. The van der Waals surface area contributed by atoms with Crippen molar-refractivity contribution >= 4 is 27.2 Å². The van der Waals surface area contributed by atoms with Gasteiger partial charge in [0.25, 0.3) is 0 Å². The summed E-state index contributed by atoms with van der Waals surface area (Å²) in [5.41, 5.74) is 1.97. The highest BCUT2D eigenvalue weighted by Crippen LogP contribution is 2.16. The minimum atomic E-state index is -3.15. The van der Waals surface area contributed by atoms with Crippen LogP contribution in [0.15, 0.2) is 41.3 Å². The second kappa shape index (κ2) is 6.85. The first-order valence-corrected chi connectivity index (χ1v) is 8.49. The average Bonchev–Trinajstić information content (AvgIpc) is 2.35. The van der Waals surface area contributed by atoms with Gasteiger partial charge in [0.1, 0.15) is 0 Å². The molecule has 0 aliphatic carbocycles. The predicted molar refractivity (Wildman–Crippen MR) is 86.5 cm³/mol. The van der Waals surface area contributed by atoms with Crippen LogP contribution in [0.4, 0.5) is 0 Å². The highest BCUT2D eigenvalue weighted by Gasteiger charge is 2.10. The van der Waals surface area contributed by atoms with Crippen molar-refractivity contribution < 1.29 is 8.42 Å². The van der Waals surface area contributed by atoms with Crippen LogP contribution in [-0.4, -0.2) is 26.3 Å². The first-order chi connectivity index (χ1) is 9.20. The van der Waals surface area contributed by atoms with Crippen molar-refractivity contribution in [3.05, 3.63) is 42.0 Å². The molecule has 1 rings (SSSR count). The molecule has 0 heterocycles. The molecule has 0 fully saturated rings. The lowest BCUT2D eigenvalue weighted by Crippen LogP contribution is -2.37. The van der Waals surface area contributed by atoms with E-state index in [-0.39, 0.29) is 6.04 Å². The van der Waals surface area contributed by atoms with Crippen molar-refractivity contribution in [1.29, 1.82) is 0 Å². The summed E-state index contributed by atoms with van der Waals surface area (Å²) in [5.74, 6) is 0. The molecule has 0 aromatic heterocycles. The Bertz CT molecular complexity index is 592. The summed E-state index contributed by atoms with van der Waals surface area (Å²) >= 11 is 5.17. The van der Waals surface area contributed by atoms with E-state index < -0.39 is 9.84 Å². The SMILES string of the molecule is C=C(C)CNC(=S)N[C@@H](C)c1ccc(S(C)(=O)=O)cc1. The molecule has 0 aliphatic heterocycles. The lowest BCUT2D eigenvalue weighted by molar-refractivity contribution is 0.601. The van der Waals surface area contributed by atoms with Crippen molar-refractivity contribution in [3.63, 3.8) is 0 Å². The van der Waals surface area contributed by atoms with E-state index in [0.29, 0.717) is 16.6 Å². The molecular weight excluding hydrogens is 292 g/mol. The predicted octanol–water partition coefficient (Wildman–Crippen LogP) is 2.19. The molecule has 6 heteroatoms. The van der Waals surface area contributed by atoms with Crippen LogP contribution in [0.5, 0.6) is 0 Å². The molecule has 0 saturated heterocycles. The second-order valence-corrected chi connectivity index (χ2v) is 7.27. The van der Waals surface area contributed by atoms with Crippen LogP contribution < -0.4 is 10.6 Å². The van der Waals surface area contributed by atoms with Crippen molar-refractivity contribution in [2.24, 2.45) is 0 Å². The smallest absolute Gasteiger partial charge is 0.175 e. The van der Waals surface area contributed by atoms with E-state index in [0.717, 1.165) is 11.1 Å². The lowest BCUT2D eigenvalue weighted by Gasteiger charge is -2.17. The second-order valence-electron chi connectivity index (χ2n) is 4.85. The van der Waals surface area contributed by atoms with Gasteiger partial charge in [-0.2, -0.15) is 0 Å². The number of hydrogen-bond donors (Lipinski definition) is 2. The van der Waals surface area contributed by atoms with Crippen molar-refractivity contribution in [2.75, 3.05) is 12.8 Å². The van der Waals surface area contributed by atoms with Gasteiger partial charge in [-0.05, 0) is 43.8 Å². The van der Waals surface area contributed by atoms with Crippen LogP contribution in [0.25, 0.3) is 0 Å². The topological polar surface area (TPSA) is 58.2 Å². The van der Waals surface area contributed by atoms with Gasteiger partial charge in [0.15, 0.2) is 14.9 Å². The molecule has 0 saturated carbocycles. The third kappa shape index (κ3) is 5.30. The Balaban J connectivity index is 2.66. The van der Waals surface area contributed by atoms with Gasteiger partial charge in [-0.15, -0.1) is 0 Å². The summed E-state index contributed by atoms with van der Waals surface area (Å²) in [4.78, 5) is 0.316. The van der Waals surface area contributed by atoms with E-state index in [9.17, 15) is 8.42 Å². The quantitative estimate of drug-likeness (QED) is 0.645. The number of nitrogens with one attached hydrogen (secondary N) is 2. The van der Waals surface area contributed by atoms with Crippen molar-refractivity contribution in [3.8, 4) is 0 Å². The Kier molecular flexibility index (Phi) is 5.71. The van der Waals surface area contributed by atoms with Gasteiger partial charge >= 0.3 is 0 Å². The number of hydrogen-bond acceptors (Lipinski definition) is 3. The van der Waals surface area contributed by atoms with Gasteiger partial charge in [0, 0.05) is 12.8 Å². The Morgan fingerprint density at radius 3 is 2.35 bits per heavy atom. The summed E-state index contributed by atoms with van der Waals surface area (Å²) in [7, 11) is -3.15. The van der Waals surface area contributed by atoms with E-state index in [2.05, 4.69) is 17.2 Å². The minimum Gasteiger partial charge on any atom is -0.359 e. The maximum Gasteiger partial charge on any atom is 0.175 e. The van der Waals surface area contributed by atoms with E-state index >= 15 is 0 Å². The van der Waals surface area contributed by atoms with Crippen LogP contribution in [0.2, 0.25) is 0 Å². The van der Waals surface area contributed by atoms with Crippen LogP contribution in [0, 0.1) is 0 Å². The number of rotatable bonds is 5. The highest BCUT2D eigenvalue weighted by molar-refractivity contribution is 7.90. The molecule has 2 N–H and O–H groups in total. The third-order valence-corrected chi connectivity index (χ3v) is 4.10. The summed E-state index contributed by atoms with van der Waals surface area (Å²) in [5, 5.41) is 6.73. The maximum atomic E-state index is 11.4. The zero-order valence-electron chi connectivity index (χ0n) is 11.9. The van der Waals surface area contributed by atoms with E-state index in [4.69, 9.17) is 12.2 Å². The van der Waals surface area contributed by atoms with Crippen LogP contribution in [0.1, 0.15) is 25.5 Å². The fourth-order valence-electron chi connectivity index (χ4n) is 1.57. The van der Waals surface area contributed by atoms with Gasteiger partial charge in [-0.25, -0.2) is 8.42 Å². The molecule has 0 radical (unpaired) electrons. The zero-order valence-corrected chi connectivity index (χ0v) is 13.6. The Hall–Kier alpha value is -1.40. The Morgan fingerprint density at radius 2 is 1.90 bits per heavy atom. The van der Waals surface area contributed by atoms with Gasteiger partial charge < -0.3 is 10.6 Å². The number of thiocarbonyl (C=S) groups is 1. The maximum absolute atomic E-state index is 11.4. The summed E-state index contributed by atoms with van der Waals surface area (Å²) < 4.78 is 22.8. The lowest BCUT2D eigenvalue weighted by atomic mass is 10.1. The number of sulfone groups is 1. The fourth-order valence-corrected chi connectivity index (χ4v) is 2.45. The van der Waals surface area contributed by atoms with Crippen LogP contribution in [0.3, 0.4) is 0 Å². The Labute approximate surface area is 126 Å². The minimum absolute atomic E-state index is 0.00580. The third-order valence-electron chi connectivity index (χ3n) is 2.71. The van der Waals surface area contributed by atoms with Crippen LogP contribution >= 0.6 is 12.2 Å². The average molecular weight is 312 g/mol. The molecule has 0 spiro atoms.